The van der Waals surface area contributed by atoms with Gasteiger partial charge in [0.15, 0.2) is 0 Å². The third-order valence-corrected chi connectivity index (χ3v) is 3.87. The number of nitrogens with zero attached hydrogens (tertiary/aromatic N) is 2. The fourth-order valence-corrected chi connectivity index (χ4v) is 2.61. The molecular weight excluding hydrogens is 236 g/mol. The number of piperidine rings is 1. The molecule has 4 nitrogen and oxygen atoms in total. The molecule has 4 heteroatoms. The van der Waals surface area contributed by atoms with Crippen molar-refractivity contribution in [1.82, 2.24) is 9.88 Å². The minimum atomic E-state index is 0.797. The van der Waals surface area contributed by atoms with Crippen LogP contribution in [0.25, 0.3) is 0 Å². The average Bonchev–Trinajstić information content (AvgIpc) is 2.46. The first-order chi connectivity index (χ1) is 9.31. The Morgan fingerprint density at radius 1 is 1.16 bits per heavy atom. The number of hydrogen-bond acceptors (Lipinski definition) is 4. The van der Waals surface area contributed by atoms with Gasteiger partial charge in [0.1, 0.15) is 0 Å². The van der Waals surface area contributed by atoms with Gasteiger partial charge >= 0.3 is 0 Å². The highest BCUT2D eigenvalue weighted by atomic mass is 15.1. The molecule has 0 bridgehead atoms. The highest BCUT2D eigenvalue weighted by Gasteiger charge is 2.17. The van der Waals surface area contributed by atoms with Crippen LogP contribution in [0.5, 0.6) is 0 Å². The van der Waals surface area contributed by atoms with Crippen LogP contribution in [0.3, 0.4) is 0 Å². The molecule has 1 saturated heterocycles. The van der Waals surface area contributed by atoms with Crippen molar-refractivity contribution in [3.8, 4) is 0 Å². The number of aromatic nitrogens is 1. The molecule has 19 heavy (non-hydrogen) atoms. The van der Waals surface area contributed by atoms with Gasteiger partial charge < -0.3 is 15.5 Å². The lowest BCUT2D eigenvalue weighted by Crippen LogP contribution is -2.35. The third-order valence-electron chi connectivity index (χ3n) is 3.87. The largest absolute Gasteiger partial charge is 0.384 e. The highest BCUT2D eigenvalue weighted by Crippen LogP contribution is 2.19. The minimum absolute atomic E-state index is 0.797. The number of nitrogens with one attached hydrogen (secondary N) is 2. The monoisotopic (exact) mass is 262 g/mol. The Labute approximate surface area is 116 Å². The molecule has 0 spiro atoms. The number of rotatable bonds is 6. The van der Waals surface area contributed by atoms with Crippen molar-refractivity contribution in [1.29, 1.82) is 0 Å². The van der Waals surface area contributed by atoms with E-state index in [1.54, 1.807) is 0 Å². The summed E-state index contributed by atoms with van der Waals surface area (Å²) >= 11 is 0. The van der Waals surface area contributed by atoms with E-state index in [-0.39, 0.29) is 0 Å². The summed E-state index contributed by atoms with van der Waals surface area (Å²) in [7, 11) is 0. The third kappa shape index (κ3) is 4.39. The minimum Gasteiger partial charge on any atom is -0.384 e. The van der Waals surface area contributed by atoms with Crippen molar-refractivity contribution < 1.29 is 0 Å². The number of likely N-dealkylation sites (tertiary alicyclic amines) is 1. The van der Waals surface area contributed by atoms with Gasteiger partial charge in [-0.2, -0.15) is 0 Å². The number of pyridine rings is 1. The number of hydrogen-bond donors (Lipinski definition) is 2. The topological polar surface area (TPSA) is 40.2 Å². The van der Waals surface area contributed by atoms with Crippen LogP contribution < -0.4 is 10.6 Å². The van der Waals surface area contributed by atoms with E-state index in [2.05, 4.69) is 40.4 Å². The summed E-state index contributed by atoms with van der Waals surface area (Å²) in [6.45, 7) is 10.0. The summed E-state index contributed by atoms with van der Waals surface area (Å²) in [5.74, 6) is 0.797. The molecule has 1 aromatic rings. The maximum absolute atomic E-state index is 4.26. The Morgan fingerprint density at radius 3 is 2.47 bits per heavy atom. The fraction of sp³-hybridized carbons (Fsp3) is 0.667. The smallest absolute Gasteiger partial charge is 0.0547 e. The predicted molar refractivity (Wildman–Crippen MR) is 81.7 cm³/mol. The van der Waals surface area contributed by atoms with Crippen LogP contribution in [0.1, 0.15) is 26.7 Å². The van der Waals surface area contributed by atoms with Crippen LogP contribution in [0.4, 0.5) is 11.4 Å². The van der Waals surface area contributed by atoms with E-state index in [4.69, 9.17) is 0 Å². The van der Waals surface area contributed by atoms with Gasteiger partial charge in [0.2, 0.25) is 0 Å². The van der Waals surface area contributed by atoms with E-state index in [9.17, 15) is 0 Å². The van der Waals surface area contributed by atoms with E-state index in [1.165, 1.54) is 32.5 Å². The van der Waals surface area contributed by atoms with Gasteiger partial charge in [-0.15, -0.1) is 0 Å². The predicted octanol–water partition coefficient (Wildman–Crippen LogP) is 2.66. The first kappa shape index (κ1) is 14.1. The molecule has 2 rings (SSSR count). The second-order valence-corrected chi connectivity index (χ2v) is 5.25. The zero-order chi connectivity index (χ0) is 13.5. The Hall–Kier alpha value is -1.29. The van der Waals surface area contributed by atoms with E-state index in [0.717, 1.165) is 30.4 Å². The van der Waals surface area contributed by atoms with E-state index >= 15 is 0 Å². The summed E-state index contributed by atoms with van der Waals surface area (Å²) in [4.78, 5) is 6.79. The van der Waals surface area contributed by atoms with Gasteiger partial charge in [-0.05, 0) is 51.4 Å². The van der Waals surface area contributed by atoms with E-state index in [1.807, 2.05) is 12.4 Å². The van der Waals surface area contributed by atoms with Crippen molar-refractivity contribution in [2.24, 2.45) is 5.92 Å². The molecule has 1 aliphatic rings. The highest BCUT2D eigenvalue weighted by molar-refractivity contribution is 5.53. The number of anilines is 2. The van der Waals surface area contributed by atoms with Crippen LogP contribution in [0.15, 0.2) is 18.5 Å². The standard InChI is InChI=1S/C15H26N4/c1-3-17-14-9-15(12-16-11-14)18-10-13-5-7-19(4-2)8-6-13/h9,11-13,17-18H,3-8,10H2,1-2H3. The van der Waals surface area contributed by atoms with Crippen LogP contribution in [0.2, 0.25) is 0 Å². The molecule has 0 radical (unpaired) electrons. The Bertz CT molecular complexity index is 372. The van der Waals surface area contributed by atoms with Crippen LogP contribution in [-0.4, -0.2) is 42.6 Å². The molecule has 0 unspecified atom stereocenters. The maximum atomic E-state index is 4.26. The van der Waals surface area contributed by atoms with Gasteiger partial charge in [0.05, 0.1) is 23.8 Å². The summed E-state index contributed by atoms with van der Waals surface area (Å²) in [6, 6.07) is 2.14. The lowest BCUT2D eigenvalue weighted by atomic mass is 9.97. The molecule has 0 aliphatic carbocycles. The lowest BCUT2D eigenvalue weighted by Gasteiger charge is -2.31. The summed E-state index contributed by atoms with van der Waals surface area (Å²) in [5, 5.41) is 6.82. The van der Waals surface area contributed by atoms with Crippen molar-refractivity contribution in [2.45, 2.75) is 26.7 Å². The van der Waals surface area contributed by atoms with Gasteiger partial charge in [-0.25, -0.2) is 0 Å². The maximum Gasteiger partial charge on any atom is 0.0547 e. The Morgan fingerprint density at radius 2 is 1.84 bits per heavy atom. The first-order valence-electron chi connectivity index (χ1n) is 7.47. The molecule has 0 amide bonds. The lowest BCUT2D eigenvalue weighted by molar-refractivity contribution is 0.198. The van der Waals surface area contributed by atoms with Crippen LogP contribution >= 0.6 is 0 Å². The molecule has 0 atom stereocenters. The van der Waals surface area contributed by atoms with Gasteiger partial charge in [0.25, 0.3) is 0 Å². The summed E-state index contributed by atoms with van der Waals surface area (Å²) < 4.78 is 0. The summed E-state index contributed by atoms with van der Waals surface area (Å²) in [6.07, 6.45) is 6.39. The normalized spacial score (nSPS) is 17.4. The van der Waals surface area contributed by atoms with E-state index < -0.39 is 0 Å². The molecule has 0 saturated carbocycles. The van der Waals surface area contributed by atoms with Crippen molar-refractivity contribution >= 4 is 11.4 Å². The van der Waals surface area contributed by atoms with Crippen LogP contribution in [0, 0.1) is 5.92 Å². The van der Waals surface area contributed by atoms with Crippen molar-refractivity contribution in [2.75, 3.05) is 43.4 Å². The molecule has 1 fully saturated rings. The molecular formula is C15H26N4. The molecule has 1 aromatic heterocycles. The second kappa shape index (κ2) is 7.34. The zero-order valence-electron chi connectivity index (χ0n) is 12.2. The Balaban J connectivity index is 1.77. The summed E-state index contributed by atoms with van der Waals surface area (Å²) in [5.41, 5.74) is 2.21. The van der Waals surface area contributed by atoms with Crippen molar-refractivity contribution in [3.05, 3.63) is 18.5 Å². The Kier molecular flexibility index (Phi) is 5.45. The van der Waals surface area contributed by atoms with Gasteiger partial charge in [-0.1, -0.05) is 6.92 Å². The SMILES string of the molecule is CCNc1cncc(NCC2CCN(CC)CC2)c1. The zero-order valence-corrected chi connectivity index (χ0v) is 12.2. The molecule has 2 N–H and O–H groups in total. The fourth-order valence-electron chi connectivity index (χ4n) is 2.61. The van der Waals surface area contributed by atoms with Gasteiger partial charge in [0, 0.05) is 13.1 Å². The average molecular weight is 262 g/mol. The molecule has 106 valence electrons. The second-order valence-electron chi connectivity index (χ2n) is 5.25. The van der Waals surface area contributed by atoms with Gasteiger partial charge in [-0.3, -0.25) is 4.98 Å². The first-order valence-corrected chi connectivity index (χ1v) is 7.47. The molecule has 2 heterocycles. The van der Waals surface area contributed by atoms with E-state index in [0.29, 0.717) is 0 Å². The molecule has 1 aliphatic heterocycles. The van der Waals surface area contributed by atoms with Crippen molar-refractivity contribution in [3.63, 3.8) is 0 Å². The van der Waals surface area contributed by atoms with Crippen LogP contribution in [-0.2, 0) is 0 Å². The molecule has 0 aromatic carbocycles. The quantitative estimate of drug-likeness (QED) is 0.827.